The first-order chi connectivity index (χ1) is 11.8. The number of fused-ring (bicyclic) bond motifs is 5. The van der Waals surface area contributed by atoms with Crippen molar-refractivity contribution in [3.05, 3.63) is 88.5 Å². The normalized spacial score (nSPS) is 11.5. The molecule has 5 aromatic rings. The van der Waals surface area contributed by atoms with E-state index < -0.39 is 0 Å². The van der Waals surface area contributed by atoms with Gasteiger partial charge in [0.15, 0.2) is 0 Å². The molecule has 0 fully saturated rings. The summed E-state index contributed by atoms with van der Waals surface area (Å²) >= 11 is 2.40. The molecule has 5 rings (SSSR count). The molecule has 1 nitrogen and oxygen atoms in total. The number of aromatic nitrogens is 1. The molecule has 1 aromatic heterocycles. The first-order valence-corrected chi connectivity index (χ1v) is 9.08. The van der Waals surface area contributed by atoms with Gasteiger partial charge in [0, 0.05) is 20.0 Å². The number of halogens is 1. The maximum absolute atomic E-state index is 2.40. The Morgan fingerprint density at radius 3 is 2.25 bits per heavy atom. The highest BCUT2D eigenvalue weighted by molar-refractivity contribution is 14.1. The number of para-hydroxylation sites is 1. The first-order valence-electron chi connectivity index (χ1n) is 8.00. The van der Waals surface area contributed by atoms with Crippen molar-refractivity contribution in [1.29, 1.82) is 0 Å². The Hall–Kier alpha value is -2.33. The van der Waals surface area contributed by atoms with Crippen LogP contribution in [0.15, 0.2) is 84.9 Å². The van der Waals surface area contributed by atoms with E-state index in [9.17, 15) is 0 Å². The van der Waals surface area contributed by atoms with E-state index in [1.54, 1.807) is 0 Å². The van der Waals surface area contributed by atoms with Crippen LogP contribution in [0.4, 0.5) is 0 Å². The molecule has 114 valence electrons. The van der Waals surface area contributed by atoms with E-state index in [2.05, 4.69) is 112 Å². The van der Waals surface area contributed by atoms with Crippen molar-refractivity contribution in [3.63, 3.8) is 0 Å². The van der Waals surface area contributed by atoms with Gasteiger partial charge in [-0.05, 0) is 69.8 Å². The molecule has 2 heteroatoms. The third-order valence-corrected chi connectivity index (χ3v) is 5.30. The number of hydrogen-bond donors (Lipinski definition) is 0. The second kappa shape index (κ2) is 5.35. The number of benzene rings is 4. The van der Waals surface area contributed by atoms with Crippen LogP contribution in [0.5, 0.6) is 0 Å². The van der Waals surface area contributed by atoms with Crippen LogP contribution in [0.2, 0.25) is 0 Å². The second-order valence-electron chi connectivity index (χ2n) is 6.01. The minimum atomic E-state index is 1.20. The molecule has 4 aromatic carbocycles. The molecular weight excluding hydrogens is 405 g/mol. The zero-order chi connectivity index (χ0) is 16.1. The van der Waals surface area contributed by atoms with Gasteiger partial charge in [0.05, 0.1) is 11.0 Å². The summed E-state index contributed by atoms with van der Waals surface area (Å²) in [5.74, 6) is 0. The van der Waals surface area contributed by atoms with Crippen molar-refractivity contribution < 1.29 is 0 Å². The van der Waals surface area contributed by atoms with Gasteiger partial charge in [0.2, 0.25) is 0 Å². The van der Waals surface area contributed by atoms with E-state index in [-0.39, 0.29) is 0 Å². The first kappa shape index (κ1) is 14.1. The minimum Gasteiger partial charge on any atom is -0.309 e. The van der Waals surface area contributed by atoms with E-state index >= 15 is 0 Å². The molecule has 1 heterocycles. The Morgan fingerprint density at radius 2 is 1.38 bits per heavy atom. The quantitative estimate of drug-likeness (QED) is 0.272. The number of rotatable bonds is 1. The summed E-state index contributed by atoms with van der Waals surface area (Å²) in [6.07, 6.45) is 0. The lowest BCUT2D eigenvalue weighted by atomic mass is 10.0. The molecule has 0 aliphatic heterocycles. The predicted molar refractivity (Wildman–Crippen MR) is 111 cm³/mol. The van der Waals surface area contributed by atoms with Crippen molar-refractivity contribution in [1.82, 2.24) is 4.57 Å². The molecule has 0 saturated carbocycles. The molecule has 0 unspecified atom stereocenters. The average Bonchev–Trinajstić information content (AvgIpc) is 2.96. The van der Waals surface area contributed by atoms with Crippen LogP contribution < -0.4 is 0 Å². The van der Waals surface area contributed by atoms with Gasteiger partial charge in [0.1, 0.15) is 0 Å². The Labute approximate surface area is 153 Å². The molecule has 0 amide bonds. The molecule has 0 radical (unpaired) electrons. The lowest BCUT2D eigenvalue weighted by Crippen LogP contribution is -1.92. The third-order valence-electron chi connectivity index (χ3n) is 4.63. The molecule has 0 aliphatic rings. The van der Waals surface area contributed by atoms with Crippen LogP contribution in [-0.2, 0) is 0 Å². The van der Waals surface area contributed by atoms with Crippen molar-refractivity contribution in [2.75, 3.05) is 0 Å². The van der Waals surface area contributed by atoms with E-state index in [1.807, 2.05) is 0 Å². The summed E-state index contributed by atoms with van der Waals surface area (Å²) in [7, 11) is 0. The summed E-state index contributed by atoms with van der Waals surface area (Å²) in [6.45, 7) is 0. The molecule has 0 N–H and O–H groups in total. The highest BCUT2D eigenvalue weighted by Gasteiger charge is 2.14. The summed E-state index contributed by atoms with van der Waals surface area (Å²) in [5.41, 5.74) is 3.72. The third kappa shape index (κ3) is 1.99. The topological polar surface area (TPSA) is 4.93 Å². The van der Waals surface area contributed by atoms with Gasteiger partial charge in [-0.1, -0.05) is 48.5 Å². The fraction of sp³-hybridized carbons (Fsp3) is 0. The average molecular weight is 419 g/mol. The van der Waals surface area contributed by atoms with Crippen LogP contribution in [0.25, 0.3) is 38.3 Å². The zero-order valence-corrected chi connectivity index (χ0v) is 15.1. The van der Waals surface area contributed by atoms with Crippen LogP contribution >= 0.6 is 22.6 Å². The maximum atomic E-state index is 2.40. The molecule has 0 atom stereocenters. The Kier molecular flexibility index (Phi) is 3.13. The smallest absolute Gasteiger partial charge is 0.0547 e. The fourth-order valence-corrected chi connectivity index (χ4v) is 4.11. The zero-order valence-electron chi connectivity index (χ0n) is 12.9. The summed E-state index contributed by atoms with van der Waals surface area (Å²) < 4.78 is 3.63. The van der Waals surface area contributed by atoms with Gasteiger partial charge in [0.25, 0.3) is 0 Å². The van der Waals surface area contributed by atoms with Crippen molar-refractivity contribution in [2.24, 2.45) is 0 Å². The molecule has 0 bridgehead atoms. The Balaban J connectivity index is 2.07. The van der Waals surface area contributed by atoms with Crippen LogP contribution in [0, 0.1) is 3.57 Å². The number of hydrogen-bond acceptors (Lipinski definition) is 0. The van der Waals surface area contributed by atoms with E-state index in [0.29, 0.717) is 0 Å². The monoisotopic (exact) mass is 419 g/mol. The lowest BCUT2D eigenvalue weighted by molar-refractivity contribution is 1.18. The number of nitrogens with zero attached hydrogens (tertiary/aromatic N) is 1. The summed E-state index contributed by atoms with van der Waals surface area (Å²) in [5, 5.41) is 5.26. The minimum absolute atomic E-state index is 1.20. The summed E-state index contributed by atoms with van der Waals surface area (Å²) in [6, 6.07) is 30.4. The maximum Gasteiger partial charge on any atom is 0.0547 e. The molecule has 0 spiro atoms. The van der Waals surface area contributed by atoms with Gasteiger partial charge in [-0.3, -0.25) is 0 Å². The van der Waals surface area contributed by atoms with Crippen LogP contribution in [0.3, 0.4) is 0 Å². The van der Waals surface area contributed by atoms with Crippen molar-refractivity contribution in [2.45, 2.75) is 0 Å². The van der Waals surface area contributed by atoms with Crippen molar-refractivity contribution in [3.8, 4) is 5.69 Å². The SMILES string of the molecule is Ic1ccc2c(c1)c1c3ccccc3ccc1n2-c1ccccc1. The highest BCUT2D eigenvalue weighted by Crippen LogP contribution is 2.37. The van der Waals surface area contributed by atoms with Gasteiger partial charge in [-0.25, -0.2) is 0 Å². The second-order valence-corrected chi connectivity index (χ2v) is 7.26. The van der Waals surface area contributed by atoms with E-state index in [0.717, 1.165) is 0 Å². The van der Waals surface area contributed by atoms with E-state index in [1.165, 1.54) is 41.8 Å². The molecular formula is C22H14IN. The summed E-state index contributed by atoms with van der Waals surface area (Å²) in [4.78, 5) is 0. The Bertz CT molecular complexity index is 1200. The van der Waals surface area contributed by atoms with E-state index in [4.69, 9.17) is 0 Å². The molecule has 0 saturated heterocycles. The van der Waals surface area contributed by atoms with Crippen LogP contribution in [-0.4, -0.2) is 4.57 Å². The van der Waals surface area contributed by atoms with Crippen LogP contribution in [0.1, 0.15) is 0 Å². The largest absolute Gasteiger partial charge is 0.309 e. The predicted octanol–water partition coefficient (Wildman–Crippen LogP) is 6.54. The van der Waals surface area contributed by atoms with Gasteiger partial charge < -0.3 is 4.57 Å². The van der Waals surface area contributed by atoms with Gasteiger partial charge in [-0.15, -0.1) is 0 Å². The Morgan fingerprint density at radius 1 is 0.625 bits per heavy atom. The standard InChI is InChI=1S/C22H14IN/c23-16-11-13-20-19(14-16)22-18-9-5-4-6-15(18)10-12-21(22)24(20)17-7-2-1-3-8-17/h1-14H. The van der Waals surface area contributed by atoms with Crippen molar-refractivity contribution >= 4 is 55.2 Å². The fourth-order valence-electron chi connectivity index (χ4n) is 3.62. The van der Waals surface area contributed by atoms with Gasteiger partial charge >= 0.3 is 0 Å². The molecule has 0 aliphatic carbocycles. The highest BCUT2D eigenvalue weighted by atomic mass is 127. The lowest BCUT2D eigenvalue weighted by Gasteiger charge is -2.07. The van der Waals surface area contributed by atoms with Gasteiger partial charge in [-0.2, -0.15) is 0 Å². The molecule has 24 heavy (non-hydrogen) atoms.